The fourth-order valence-corrected chi connectivity index (χ4v) is 1.82. The molecule has 0 spiro atoms. The number of benzene rings is 1. The zero-order chi connectivity index (χ0) is 11.4. The van der Waals surface area contributed by atoms with Gasteiger partial charge in [-0.15, -0.1) is 11.3 Å². The summed E-state index contributed by atoms with van der Waals surface area (Å²) in [6, 6.07) is 7.29. The van der Waals surface area contributed by atoms with Gasteiger partial charge < -0.3 is 14.2 Å². The lowest BCUT2D eigenvalue weighted by atomic mass is 10.3. The highest BCUT2D eigenvalue weighted by atomic mass is 32.1. The predicted octanol–water partition coefficient (Wildman–Crippen LogP) is 3.36. The summed E-state index contributed by atoms with van der Waals surface area (Å²) in [6.07, 6.45) is 0. The molecule has 2 rings (SSSR count). The summed E-state index contributed by atoms with van der Waals surface area (Å²) in [7, 11) is 3.18. The van der Waals surface area contributed by atoms with Crippen molar-refractivity contribution < 1.29 is 14.2 Å². The van der Waals surface area contributed by atoms with Crippen LogP contribution in [0.25, 0.3) is 0 Å². The summed E-state index contributed by atoms with van der Waals surface area (Å²) in [5, 5.41) is 4.83. The third-order valence-electron chi connectivity index (χ3n) is 2.04. The zero-order valence-corrected chi connectivity index (χ0v) is 9.84. The van der Waals surface area contributed by atoms with E-state index in [9.17, 15) is 0 Å². The topological polar surface area (TPSA) is 27.7 Å². The fraction of sp³-hybridized carbons (Fsp3) is 0.167. The van der Waals surface area contributed by atoms with Gasteiger partial charge in [0.25, 0.3) is 0 Å². The highest BCUT2D eigenvalue weighted by Gasteiger charge is 2.11. The Bertz CT molecular complexity index is 451. The van der Waals surface area contributed by atoms with Crippen LogP contribution in [0.2, 0.25) is 0 Å². The van der Waals surface area contributed by atoms with E-state index >= 15 is 0 Å². The first kappa shape index (κ1) is 10.8. The lowest BCUT2D eigenvalue weighted by molar-refractivity contribution is 0.336. The number of para-hydroxylation sites is 1. The standard InChI is InChI=1S/C12H11O3S/c1-13-10-4-3-5-11(12(10)14-2)15-9-6-7-16-8-9/h3-6,8H,1-2H3. The number of hydrogen-bond acceptors (Lipinski definition) is 4. The molecule has 0 saturated carbocycles. The zero-order valence-electron chi connectivity index (χ0n) is 9.02. The van der Waals surface area contributed by atoms with E-state index in [1.807, 2.05) is 23.6 Å². The molecule has 0 fully saturated rings. The highest BCUT2D eigenvalue weighted by molar-refractivity contribution is 7.07. The van der Waals surface area contributed by atoms with Crippen LogP contribution in [0.1, 0.15) is 0 Å². The number of ether oxygens (including phenoxy) is 3. The lowest BCUT2D eigenvalue weighted by Crippen LogP contribution is -1.93. The average Bonchev–Trinajstić information content (AvgIpc) is 2.81. The van der Waals surface area contributed by atoms with Crippen molar-refractivity contribution in [2.45, 2.75) is 0 Å². The largest absolute Gasteiger partial charge is 0.493 e. The molecular formula is C12H11O3S. The van der Waals surface area contributed by atoms with E-state index in [1.165, 1.54) is 11.3 Å². The van der Waals surface area contributed by atoms with Gasteiger partial charge in [-0.05, 0) is 12.1 Å². The van der Waals surface area contributed by atoms with Crippen LogP contribution >= 0.6 is 11.3 Å². The van der Waals surface area contributed by atoms with Gasteiger partial charge in [0, 0.05) is 16.8 Å². The molecule has 16 heavy (non-hydrogen) atoms. The number of thiophene rings is 1. The molecule has 1 aromatic heterocycles. The average molecular weight is 235 g/mol. The van der Waals surface area contributed by atoms with Crippen molar-refractivity contribution in [3.63, 3.8) is 0 Å². The van der Waals surface area contributed by atoms with Crippen LogP contribution in [0.4, 0.5) is 0 Å². The van der Waals surface area contributed by atoms with Gasteiger partial charge >= 0.3 is 0 Å². The third-order valence-corrected chi connectivity index (χ3v) is 2.64. The molecule has 2 aromatic rings. The van der Waals surface area contributed by atoms with Crippen LogP contribution in [-0.2, 0) is 0 Å². The Morgan fingerprint density at radius 3 is 2.56 bits per heavy atom. The minimum absolute atomic E-state index is 0.594. The van der Waals surface area contributed by atoms with E-state index in [0.29, 0.717) is 17.2 Å². The molecule has 0 bridgehead atoms. The second kappa shape index (κ2) is 4.90. The smallest absolute Gasteiger partial charge is 0.203 e. The Labute approximate surface area is 98.2 Å². The summed E-state index contributed by atoms with van der Waals surface area (Å²) in [5.41, 5.74) is 0. The maximum absolute atomic E-state index is 5.66. The summed E-state index contributed by atoms with van der Waals surface area (Å²) in [4.78, 5) is 0. The molecule has 0 N–H and O–H groups in total. The first-order valence-corrected chi connectivity index (χ1v) is 5.56. The first-order chi connectivity index (χ1) is 7.85. The second-order valence-corrected chi connectivity index (χ2v) is 3.70. The van der Waals surface area contributed by atoms with Crippen LogP contribution in [0.3, 0.4) is 0 Å². The second-order valence-electron chi connectivity index (χ2n) is 2.99. The van der Waals surface area contributed by atoms with Crippen LogP contribution in [0, 0.1) is 5.38 Å². The monoisotopic (exact) mass is 235 g/mol. The van der Waals surface area contributed by atoms with Gasteiger partial charge in [-0.25, -0.2) is 0 Å². The summed E-state index contributed by atoms with van der Waals surface area (Å²) in [5.74, 6) is 2.63. The van der Waals surface area contributed by atoms with Gasteiger partial charge in [0.1, 0.15) is 5.75 Å². The van der Waals surface area contributed by atoms with Crippen molar-refractivity contribution in [2.24, 2.45) is 0 Å². The predicted molar refractivity (Wildman–Crippen MR) is 62.8 cm³/mol. The van der Waals surface area contributed by atoms with Crippen molar-refractivity contribution >= 4 is 11.3 Å². The molecule has 1 radical (unpaired) electrons. The summed E-state index contributed by atoms with van der Waals surface area (Å²) in [6.45, 7) is 0. The molecule has 0 unspecified atom stereocenters. The minimum Gasteiger partial charge on any atom is -0.493 e. The van der Waals surface area contributed by atoms with Gasteiger partial charge in [-0.1, -0.05) is 6.07 Å². The first-order valence-electron chi connectivity index (χ1n) is 4.68. The Hall–Kier alpha value is -1.68. The molecule has 0 aliphatic heterocycles. The van der Waals surface area contributed by atoms with Gasteiger partial charge in [-0.2, -0.15) is 0 Å². The van der Waals surface area contributed by atoms with Crippen molar-refractivity contribution in [3.8, 4) is 23.0 Å². The van der Waals surface area contributed by atoms with E-state index < -0.39 is 0 Å². The van der Waals surface area contributed by atoms with Crippen LogP contribution < -0.4 is 14.2 Å². The van der Waals surface area contributed by atoms with Crippen LogP contribution in [0.15, 0.2) is 29.6 Å². The van der Waals surface area contributed by atoms with E-state index in [-0.39, 0.29) is 0 Å². The van der Waals surface area contributed by atoms with Crippen molar-refractivity contribution in [1.82, 2.24) is 0 Å². The van der Waals surface area contributed by atoms with E-state index in [2.05, 4.69) is 5.38 Å². The quantitative estimate of drug-likeness (QED) is 0.813. The Morgan fingerprint density at radius 1 is 1.12 bits per heavy atom. The Kier molecular flexibility index (Phi) is 3.31. The molecule has 0 aliphatic rings. The van der Waals surface area contributed by atoms with Crippen molar-refractivity contribution in [3.05, 3.63) is 35.0 Å². The number of methoxy groups -OCH3 is 2. The molecular weight excluding hydrogens is 224 g/mol. The summed E-state index contributed by atoms with van der Waals surface area (Å²) >= 11 is 1.46. The van der Waals surface area contributed by atoms with Gasteiger partial charge in [0.15, 0.2) is 11.5 Å². The van der Waals surface area contributed by atoms with E-state index in [0.717, 1.165) is 5.75 Å². The number of rotatable bonds is 4. The van der Waals surface area contributed by atoms with Gasteiger partial charge in [0.05, 0.1) is 14.2 Å². The van der Waals surface area contributed by atoms with Gasteiger partial charge in [0.2, 0.25) is 5.75 Å². The van der Waals surface area contributed by atoms with E-state index in [4.69, 9.17) is 14.2 Å². The van der Waals surface area contributed by atoms with Gasteiger partial charge in [-0.3, -0.25) is 0 Å². The number of hydrogen-bond donors (Lipinski definition) is 0. The highest BCUT2D eigenvalue weighted by Crippen LogP contribution is 2.39. The molecule has 0 atom stereocenters. The molecule has 3 nitrogen and oxygen atoms in total. The molecule has 0 aliphatic carbocycles. The summed E-state index contributed by atoms with van der Waals surface area (Å²) < 4.78 is 16.1. The third kappa shape index (κ3) is 2.12. The molecule has 4 heteroatoms. The molecule has 1 heterocycles. The molecule has 0 saturated heterocycles. The normalized spacial score (nSPS) is 9.88. The van der Waals surface area contributed by atoms with E-state index in [1.54, 1.807) is 20.3 Å². The lowest BCUT2D eigenvalue weighted by Gasteiger charge is -2.12. The maximum Gasteiger partial charge on any atom is 0.203 e. The Morgan fingerprint density at radius 2 is 1.94 bits per heavy atom. The molecule has 83 valence electrons. The minimum atomic E-state index is 0.594. The van der Waals surface area contributed by atoms with Crippen molar-refractivity contribution in [2.75, 3.05) is 14.2 Å². The van der Waals surface area contributed by atoms with Crippen LogP contribution in [-0.4, -0.2) is 14.2 Å². The fourth-order valence-electron chi connectivity index (χ4n) is 1.34. The van der Waals surface area contributed by atoms with Crippen molar-refractivity contribution in [1.29, 1.82) is 0 Å². The Balaban J connectivity index is 2.33. The molecule has 1 aromatic carbocycles. The SMILES string of the molecule is COc1cccc(Oc2c[c]sc2)c1OC. The maximum atomic E-state index is 5.66. The molecule has 0 amide bonds. The van der Waals surface area contributed by atoms with Crippen LogP contribution in [0.5, 0.6) is 23.0 Å².